The second-order valence-electron chi connectivity index (χ2n) is 6.03. The highest BCUT2D eigenvalue weighted by Gasteiger charge is 2.45. The van der Waals surface area contributed by atoms with Gasteiger partial charge in [-0.2, -0.15) is 0 Å². The minimum atomic E-state index is -0.354. The Balaban J connectivity index is 2.21. The van der Waals surface area contributed by atoms with Crippen LogP contribution in [0.25, 0.3) is 0 Å². The second-order valence-corrected chi connectivity index (χ2v) is 7.16. The first kappa shape index (κ1) is 17.4. The number of rotatable bonds is 4. The van der Waals surface area contributed by atoms with Crippen molar-refractivity contribution in [3.63, 3.8) is 0 Å². The van der Waals surface area contributed by atoms with Crippen LogP contribution in [0.1, 0.15) is 30.6 Å². The van der Waals surface area contributed by atoms with Gasteiger partial charge in [0.25, 0.3) is 0 Å². The van der Waals surface area contributed by atoms with Gasteiger partial charge in [0, 0.05) is 11.3 Å². The number of benzene rings is 1. The standard InChI is InChI=1S/C18H22Cl2O2/c1-4-11(2)16-12(3)14(19)10-15(20)17(16)22-18(21)13-8-6-5-7-9-13/h4-9,11-12,14-17H,1,10H2,2-3H3/t11-,12+,14-,15-,16+,17-/m0/s1. The molecule has 1 aliphatic carbocycles. The lowest BCUT2D eigenvalue weighted by molar-refractivity contribution is -0.0177. The summed E-state index contributed by atoms with van der Waals surface area (Å²) in [7, 11) is 0. The van der Waals surface area contributed by atoms with E-state index in [1.807, 2.05) is 24.3 Å². The minimum Gasteiger partial charge on any atom is -0.457 e. The second kappa shape index (κ2) is 7.52. The molecule has 0 aliphatic heterocycles. The largest absolute Gasteiger partial charge is 0.457 e. The van der Waals surface area contributed by atoms with Crippen molar-refractivity contribution in [2.45, 2.75) is 37.1 Å². The van der Waals surface area contributed by atoms with Crippen LogP contribution in [0.3, 0.4) is 0 Å². The Labute approximate surface area is 142 Å². The van der Waals surface area contributed by atoms with E-state index in [2.05, 4.69) is 20.4 Å². The van der Waals surface area contributed by atoms with Crippen LogP contribution < -0.4 is 0 Å². The zero-order valence-corrected chi connectivity index (χ0v) is 14.4. The first-order chi connectivity index (χ1) is 10.5. The van der Waals surface area contributed by atoms with Gasteiger partial charge in [0.15, 0.2) is 0 Å². The van der Waals surface area contributed by atoms with Crippen LogP contribution in [0.5, 0.6) is 0 Å². The van der Waals surface area contributed by atoms with Gasteiger partial charge in [-0.1, -0.05) is 38.1 Å². The number of ether oxygens (including phenoxy) is 1. The quantitative estimate of drug-likeness (QED) is 0.442. The van der Waals surface area contributed by atoms with E-state index in [9.17, 15) is 4.79 Å². The molecule has 1 saturated carbocycles. The van der Waals surface area contributed by atoms with Crippen LogP contribution in [0.15, 0.2) is 43.0 Å². The molecule has 0 bridgehead atoms. The van der Waals surface area contributed by atoms with Crippen LogP contribution in [0.4, 0.5) is 0 Å². The third-order valence-corrected chi connectivity index (χ3v) is 5.60. The van der Waals surface area contributed by atoms with Crippen LogP contribution in [-0.4, -0.2) is 22.8 Å². The van der Waals surface area contributed by atoms with E-state index in [-0.39, 0.29) is 40.6 Å². The third-order valence-electron chi connectivity index (χ3n) is 4.60. The SMILES string of the molecule is C=C[C@H](C)[C@@H]1[C@H](C)[C@@H](Cl)C[C@H](Cl)[C@@H]1OC(=O)c1ccccc1. The van der Waals surface area contributed by atoms with Crippen molar-refractivity contribution >= 4 is 29.2 Å². The van der Waals surface area contributed by atoms with Gasteiger partial charge in [0.1, 0.15) is 6.10 Å². The lowest BCUT2D eigenvalue weighted by Crippen LogP contribution is -2.49. The molecule has 1 aromatic carbocycles. The Bertz CT molecular complexity index is 517. The van der Waals surface area contributed by atoms with Crippen molar-refractivity contribution in [2.24, 2.45) is 17.8 Å². The van der Waals surface area contributed by atoms with E-state index in [1.54, 1.807) is 12.1 Å². The molecule has 0 heterocycles. The van der Waals surface area contributed by atoms with Gasteiger partial charge in [0.2, 0.25) is 0 Å². The molecule has 2 rings (SSSR count). The third kappa shape index (κ3) is 3.67. The maximum absolute atomic E-state index is 12.4. The Kier molecular flexibility index (Phi) is 5.94. The monoisotopic (exact) mass is 340 g/mol. The fourth-order valence-electron chi connectivity index (χ4n) is 3.20. The molecule has 0 unspecified atom stereocenters. The first-order valence-corrected chi connectivity index (χ1v) is 8.49. The molecule has 2 nitrogen and oxygen atoms in total. The van der Waals surface area contributed by atoms with Crippen LogP contribution >= 0.6 is 23.2 Å². The van der Waals surface area contributed by atoms with Crippen LogP contribution in [-0.2, 0) is 4.74 Å². The van der Waals surface area contributed by atoms with Crippen molar-refractivity contribution in [1.82, 2.24) is 0 Å². The molecule has 0 aromatic heterocycles. The van der Waals surface area contributed by atoms with Gasteiger partial charge in [-0.05, 0) is 30.4 Å². The van der Waals surface area contributed by atoms with Gasteiger partial charge < -0.3 is 4.74 Å². The molecule has 0 spiro atoms. The molecule has 120 valence electrons. The topological polar surface area (TPSA) is 26.3 Å². The molecule has 1 aliphatic rings. The Morgan fingerprint density at radius 1 is 1.32 bits per heavy atom. The number of hydrogen-bond donors (Lipinski definition) is 0. The summed E-state index contributed by atoms with van der Waals surface area (Å²) in [5, 5.41) is -0.291. The van der Waals surface area contributed by atoms with E-state index >= 15 is 0 Å². The summed E-state index contributed by atoms with van der Waals surface area (Å²) in [6.45, 7) is 8.02. The van der Waals surface area contributed by atoms with E-state index in [1.165, 1.54) is 0 Å². The summed E-state index contributed by atoms with van der Waals surface area (Å²) in [5.74, 6) is 0.117. The predicted octanol–water partition coefficient (Wildman–Crippen LogP) is 4.90. The maximum Gasteiger partial charge on any atom is 0.338 e. The van der Waals surface area contributed by atoms with Gasteiger partial charge in [-0.3, -0.25) is 0 Å². The van der Waals surface area contributed by atoms with Gasteiger partial charge >= 0.3 is 5.97 Å². The fourth-order valence-corrected chi connectivity index (χ4v) is 4.06. The summed E-state index contributed by atoms with van der Waals surface area (Å²) < 4.78 is 5.77. The normalized spacial score (nSPS) is 33.0. The molecule has 0 amide bonds. The first-order valence-electron chi connectivity index (χ1n) is 7.62. The summed E-state index contributed by atoms with van der Waals surface area (Å²) >= 11 is 12.9. The highest BCUT2D eigenvalue weighted by molar-refractivity contribution is 6.24. The number of carbonyl (C=O) groups excluding carboxylic acids is 1. The summed E-state index contributed by atoms with van der Waals surface area (Å²) in [6.07, 6.45) is 2.16. The number of halogens is 2. The zero-order valence-electron chi connectivity index (χ0n) is 12.9. The summed E-state index contributed by atoms with van der Waals surface area (Å²) in [5.41, 5.74) is 0.539. The number of alkyl halides is 2. The molecule has 0 N–H and O–H groups in total. The smallest absolute Gasteiger partial charge is 0.338 e. The van der Waals surface area contributed by atoms with E-state index in [0.717, 1.165) is 0 Å². The number of hydrogen-bond acceptors (Lipinski definition) is 2. The van der Waals surface area contributed by atoms with Crippen molar-refractivity contribution in [3.8, 4) is 0 Å². The summed E-state index contributed by atoms with van der Waals surface area (Å²) in [4.78, 5) is 12.4. The molecule has 0 saturated heterocycles. The summed E-state index contributed by atoms with van der Waals surface area (Å²) in [6, 6.07) is 8.99. The van der Waals surface area contributed by atoms with Crippen LogP contribution in [0.2, 0.25) is 0 Å². The van der Waals surface area contributed by atoms with Crippen molar-refractivity contribution in [3.05, 3.63) is 48.6 Å². The number of carbonyl (C=O) groups is 1. The van der Waals surface area contributed by atoms with Crippen molar-refractivity contribution in [2.75, 3.05) is 0 Å². The predicted molar refractivity (Wildman–Crippen MR) is 91.6 cm³/mol. The van der Waals surface area contributed by atoms with E-state index < -0.39 is 0 Å². The average molecular weight is 341 g/mol. The lowest BCUT2D eigenvalue weighted by atomic mass is 9.71. The Morgan fingerprint density at radius 2 is 1.95 bits per heavy atom. The molecule has 0 radical (unpaired) electrons. The van der Waals surface area contributed by atoms with Crippen molar-refractivity contribution in [1.29, 1.82) is 0 Å². The van der Waals surface area contributed by atoms with Crippen molar-refractivity contribution < 1.29 is 9.53 Å². The minimum absolute atomic E-state index is 0.0124. The van der Waals surface area contributed by atoms with Gasteiger partial charge in [-0.15, -0.1) is 29.8 Å². The average Bonchev–Trinajstić information content (AvgIpc) is 2.53. The van der Waals surface area contributed by atoms with Gasteiger partial charge in [-0.25, -0.2) is 4.79 Å². The molecule has 22 heavy (non-hydrogen) atoms. The Hall–Kier alpha value is -0.990. The lowest BCUT2D eigenvalue weighted by Gasteiger charge is -2.43. The molecule has 6 atom stereocenters. The fraction of sp³-hybridized carbons (Fsp3) is 0.500. The van der Waals surface area contributed by atoms with E-state index in [4.69, 9.17) is 27.9 Å². The molecule has 1 aromatic rings. The number of esters is 1. The molecule has 4 heteroatoms. The highest BCUT2D eigenvalue weighted by Crippen LogP contribution is 2.42. The van der Waals surface area contributed by atoms with E-state index in [0.29, 0.717) is 12.0 Å². The maximum atomic E-state index is 12.4. The molecular formula is C18H22Cl2O2. The highest BCUT2D eigenvalue weighted by atomic mass is 35.5. The van der Waals surface area contributed by atoms with Crippen LogP contribution in [0, 0.1) is 17.8 Å². The Morgan fingerprint density at radius 3 is 2.55 bits per heavy atom. The molecule has 1 fully saturated rings. The molecular weight excluding hydrogens is 319 g/mol. The number of allylic oxidation sites excluding steroid dienone is 1. The zero-order chi connectivity index (χ0) is 16.3. The van der Waals surface area contributed by atoms with Gasteiger partial charge in [0.05, 0.1) is 10.9 Å².